The third-order valence-electron chi connectivity index (χ3n) is 8.15. The lowest BCUT2D eigenvalue weighted by Crippen LogP contribution is -2.44. The van der Waals surface area contributed by atoms with E-state index < -0.39 is 22.5 Å². The molecule has 6 bridgehead atoms. The minimum absolute atomic E-state index is 0.0113. The molecule has 3 aromatic heterocycles. The van der Waals surface area contributed by atoms with Crippen LogP contribution in [0, 0.1) is 20.8 Å². The average Bonchev–Trinajstić information content (AvgIpc) is 2.92. The molecule has 0 unspecified atom stereocenters. The quantitative estimate of drug-likeness (QED) is 0.393. The molecule has 0 saturated heterocycles. The van der Waals surface area contributed by atoms with E-state index in [2.05, 4.69) is 0 Å². The van der Waals surface area contributed by atoms with Crippen molar-refractivity contribution in [1.82, 2.24) is 27.4 Å². The standard InChI is InChI=1S/C28H38N6O6/c1-18-17-31-12-8-6-9-13-32-19(2)21(24(36)29(4)26(32)38)16-22-20(3)33(27(39)30(5)25(22)37)14-10-7-11-15-34(23(18)35)28(31)40/h17H,6-16H2,1-5H3. The molecule has 0 fully saturated rings. The van der Waals surface area contributed by atoms with Crippen LogP contribution in [0.3, 0.4) is 0 Å². The van der Waals surface area contributed by atoms with Crippen LogP contribution in [0.5, 0.6) is 0 Å². The van der Waals surface area contributed by atoms with Crippen LogP contribution < -0.4 is 33.7 Å². The molecule has 12 heteroatoms. The molecule has 0 radical (unpaired) electrons. The zero-order valence-electron chi connectivity index (χ0n) is 24.0. The van der Waals surface area contributed by atoms with Crippen LogP contribution in [0.2, 0.25) is 0 Å². The lowest BCUT2D eigenvalue weighted by Gasteiger charge is -2.19. The fraction of sp³-hybridized carbons (Fsp3) is 0.571. The molecule has 4 heterocycles. The third kappa shape index (κ3) is 5.26. The van der Waals surface area contributed by atoms with Gasteiger partial charge in [0, 0.05) is 81.0 Å². The number of aromatic nitrogens is 6. The highest BCUT2D eigenvalue weighted by molar-refractivity contribution is 5.29. The summed E-state index contributed by atoms with van der Waals surface area (Å²) in [5.74, 6) is 0. The van der Waals surface area contributed by atoms with Crippen LogP contribution in [-0.2, 0) is 46.7 Å². The second-order valence-electron chi connectivity index (χ2n) is 10.8. The summed E-state index contributed by atoms with van der Waals surface area (Å²) in [7, 11) is 2.85. The Kier molecular flexibility index (Phi) is 8.45. The zero-order chi connectivity index (χ0) is 29.3. The van der Waals surface area contributed by atoms with Gasteiger partial charge < -0.3 is 4.57 Å². The Morgan fingerprint density at radius 2 is 0.950 bits per heavy atom. The smallest absolute Gasteiger partial charge is 0.300 e. The van der Waals surface area contributed by atoms with Gasteiger partial charge in [0.15, 0.2) is 0 Å². The fourth-order valence-electron chi connectivity index (χ4n) is 5.58. The molecular weight excluding hydrogens is 516 g/mol. The molecule has 0 aromatic carbocycles. The minimum atomic E-state index is -0.463. The van der Waals surface area contributed by atoms with Crippen molar-refractivity contribution in [3.8, 4) is 0 Å². The lowest BCUT2D eigenvalue weighted by atomic mass is 10.0. The van der Waals surface area contributed by atoms with Crippen LogP contribution in [0.25, 0.3) is 0 Å². The molecule has 12 nitrogen and oxygen atoms in total. The van der Waals surface area contributed by atoms with Gasteiger partial charge in [0.2, 0.25) is 0 Å². The second-order valence-corrected chi connectivity index (χ2v) is 10.8. The van der Waals surface area contributed by atoms with Gasteiger partial charge in [-0.1, -0.05) is 0 Å². The highest BCUT2D eigenvalue weighted by atomic mass is 16.2. The van der Waals surface area contributed by atoms with E-state index in [1.807, 2.05) is 0 Å². The maximum atomic E-state index is 13.2. The van der Waals surface area contributed by atoms with Gasteiger partial charge in [0.25, 0.3) is 16.7 Å². The van der Waals surface area contributed by atoms with E-state index in [4.69, 9.17) is 0 Å². The first-order valence-electron chi connectivity index (χ1n) is 13.8. The first-order valence-corrected chi connectivity index (χ1v) is 13.8. The van der Waals surface area contributed by atoms with Crippen LogP contribution in [0.1, 0.15) is 66.6 Å². The van der Waals surface area contributed by atoms with E-state index in [9.17, 15) is 28.8 Å². The van der Waals surface area contributed by atoms with E-state index in [-0.39, 0.29) is 24.2 Å². The van der Waals surface area contributed by atoms with Gasteiger partial charge in [-0.05, 0) is 59.3 Å². The topological polar surface area (TPSA) is 132 Å². The first kappa shape index (κ1) is 29.0. The molecule has 1 aliphatic rings. The number of hydrogen-bond acceptors (Lipinski definition) is 6. The highest BCUT2D eigenvalue weighted by Crippen LogP contribution is 2.12. The number of hydrogen-bond donors (Lipinski definition) is 0. The predicted octanol–water partition coefficient (Wildman–Crippen LogP) is 0.301. The molecule has 40 heavy (non-hydrogen) atoms. The van der Waals surface area contributed by atoms with E-state index in [1.165, 1.54) is 23.2 Å². The molecule has 4 rings (SSSR count). The molecule has 0 atom stereocenters. The molecule has 3 aromatic rings. The van der Waals surface area contributed by atoms with Gasteiger partial charge in [-0.15, -0.1) is 0 Å². The number of rotatable bonds is 0. The van der Waals surface area contributed by atoms with Crippen molar-refractivity contribution < 1.29 is 0 Å². The minimum Gasteiger partial charge on any atom is -0.300 e. The Labute approximate surface area is 230 Å². The molecular formula is C28H38N6O6. The van der Waals surface area contributed by atoms with Crippen LogP contribution in [0.4, 0.5) is 0 Å². The highest BCUT2D eigenvalue weighted by Gasteiger charge is 2.20. The normalized spacial score (nSPS) is 15.1. The summed E-state index contributed by atoms with van der Waals surface area (Å²) in [6.07, 6.45) is 5.50. The van der Waals surface area contributed by atoms with Gasteiger partial charge in [0.1, 0.15) is 0 Å². The summed E-state index contributed by atoms with van der Waals surface area (Å²) in [6, 6.07) is 0. The Morgan fingerprint density at radius 1 is 0.525 bits per heavy atom. The van der Waals surface area contributed by atoms with Crippen molar-refractivity contribution in [2.24, 2.45) is 14.1 Å². The SMILES string of the molecule is Cc1cn2c(=O)n(c1=O)CCCCCn1c(C)c(c(=O)n(C)c1=O)Cc1c(C)n(c(=O)n(C)c1=O)CCCCC2. The monoisotopic (exact) mass is 554 g/mol. The molecule has 216 valence electrons. The summed E-state index contributed by atoms with van der Waals surface area (Å²) >= 11 is 0. The Hall–Kier alpha value is -3.96. The second kappa shape index (κ2) is 11.6. The van der Waals surface area contributed by atoms with Crippen molar-refractivity contribution in [3.05, 3.63) is 96.8 Å². The summed E-state index contributed by atoms with van der Waals surface area (Å²) < 4.78 is 8.07. The van der Waals surface area contributed by atoms with Gasteiger partial charge >= 0.3 is 17.1 Å². The Balaban J connectivity index is 1.81. The van der Waals surface area contributed by atoms with Gasteiger partial charge in [-0.25, -0.2) is 14.4 Å². The molecule has 1 aliphatic heterocycles. The third-order valence-corrected chi connectivity index (χ3v) is 8.15. The molecule has 0 amide bonds. The molecule has 0 saturated carbocycles. The maximum absolute atomic E-state index is 13.2. The number of aryl methyl sites for hydroxylation is 2. The van der Waals surface area contributed by atoms with Crippen molar-refractivity contribution in [1.29, 1.82) is 0 Å². The lowest BCUT2D eigenvalue weighted by molar-refractivity contribution is 0.468. The molecule has 0 spiro atoms. The summed E-state index contributed by atoms with van der Waals surface area (Å²) in [4.78, 5) is 78.1. The number of fused-ring (bicyclic) bond motifs is 6. The molecule has 0 aliphatic carbocycles. The first-order chi connectivity index (χ1) is 19.0. The zero-order valence-corrected chi connectivity index (χ0v) is 24.0. The van der Waals surface area contributed by atoms with Gasteiger partial charge in [0.05, 0.1) is 0 Å². The summed E-state index contributed by atoms with van der Waals surface area (Å²) in [5.41, 5.74) is -0.238. The van der Waals surface area contributed by atoms with Crippen LogP contribution >= 0.6 is 0 Å². The van der Waals surface area contributed by atoms with Crippen molar-refractivity contribution >= 4 is 0 Å². The molecule has 0 N–H and O–H groups in total. The van der Waals surface area contributed by atoms with E-state index in [0.29, 0.717) is 79.8 Å². The van der Waals surface area contributed by atoms with Crippen LogP contribution in [-0.4, -0.2) is 27.4 Å². The van der Waals surface area contributed by atoms with Crippen LogP contribution in [0.15, 0.2) is 35.0 Å². The van der Waals surface area contributed by atoms with Crippen molar-refractivity contribution in [3.63, 3.8) is 0 Å². The summed E-state index contributed by atoms with van der Waals surface area (Å²) in [6.45, 7) is 6.57. The van der Waals surface area contributed by atoms with E-state index >= 15 is 0 Å². The predicted molar refractivity (Wildman–Crippen MR) is 152 cm³/mol. The Morgan fingerprint density at radius 3 is 1.43 bits per heavy atom. The number of nitrogens with zero attached hydrogens (tertiary/aromatic N) is 6. The van der Waals surface area contributed by atoms with Crippen molar-refractivity contribution in [2.75, 3.05) is 0 Å². The van der Waals surface area contributed by atoms with Gasteiger partial charge in [-0.2, -0.15) is 0 Å². The average molecular weight is 555 g/mol. The van der Waals surface area contributed by atoms with E-state index in [1.54, 1.807) is 36.1 Å². The van der Waals surface area contributed by atoms with Crippen molar-refractivity contribution in [2.45, 2.75) is 91.9 Å². The Bertz CT molecular complexity index is 1810. The fourth-order valence-corrected chi connectivity index (χ4v) is 5.58. The largest absolute Gasteiger partial charge is 0.330 e. The summed E-state index contributed by atoms with van der Waals surface area (Å²) in [5, 5.41) is 0. The van der Waals surface area contributed by atoms with E-state index in [0.717, 1.165) is 15.6 Å². The maximum Gasteiger partial charge on any atom is 0.330 e. The van der Waals surface area contributed by atoms with Gasteiger partial charge in [-0.3, -0.25) is 37.2 Å².